The van der Waals surface area contributed by atoms with Gasteiger partial charge in [-0.25, -0.2) is 9.97 Å². The summed E-state index contributed by atoms with van der Waals surface area (Å²) in [6, 6.07) is 18.7. The number of ether oxygens (including phenoxy) is 1. The number of benzene rings is 2. The standard InChI is InChI=1S/C24H23ClN4O/c1-26-19-12-18(13-19)24-28-21(22-23(25)27-10-11-29(22)24)17-8-5-9-20(14-17)30-15-16-6-3-2-4-7-16/h2-11,14,18-19,26H,12-13,15H2,1H3/t18-,19+. The van der Waals surface area contributed by atoms with Crippen LogP contribution < -0.4 is 10.1 Å². The van der Waals surface area contributed by atoms with Gasteiger partial charge in [-0.2, -0.15) is 0 Å². The van der Waals surface area contributed by atoms with Crippen molar-refractivity contribution in [3.8, 4) is 17.0 Å². The fourth-order valence-corrected chi connectivity index (χ4v) is 4.29. The zero-order valence-electron chi connectivity index (χ0n) is 16.8. The molecule has 1 saturated carbocycles. The van der Waals surface area contributed by atoms with Crippen molar-refractivity contribution in [1.29, 1.82) is 0 Å². The lowest BCUT2D eigenvalue weighted by atomic mass is 9.80. The highest BCUT2D eigenvalue weighted by Crippen LogP contribution is 2.40. The van der Waals surface area contributed by atoms with Crippen LogP contribution in [0.3, 0.4) is 0 Å². The quantitative estimate of drug-likeness (QED) is 0.473. The molecule has 30 heavy (non-hydrogen) atoms. The third-order valence-electron chi connectivity index (χ3n) is 5.80. The summed E-state index contributed by atoms with van der Waals surface area (Å²) in [6.45, 7) is 0.523. The van der Waals surface area contributed by atoms with E-state index in [1.807, 2.05) is 55.7 Å². The molecule has 0 atom stereocenters. The third-order valence-corrected chi connectivity index (χ3v) is 6.08. The molecule has 0 spiro atoms. The highest BCUT2D eigenvalue weighted by Gasteiger charge is 2.33. The van der Waals surface area contributed by atoms with E-state index in [-0.39, 0.29) is 0 Å². The third kappa shape index (κ3) is 3.55. The lowest BCUT2D eigenvalue weighted by Crippen LogP contribution is -2.38. The van der Waals surface area contributed by atoms with Crippen molar-refractivity contribution in [3.63, 3.8) is 0 Å². The second-order valence-corrected chi connectivity index (χ2v) is 8.07. The van der Waals surface area contributed by atoms with Gasteiger partial charge in [-0.1, -0.05) is 54.1 Å². The molecule has 1 N–H and O–H groups in total. The van der Waals surface area contributed by atoms with Gasteiger partial charge in [0.2, 0.25) is 0 Å². The van der Waals surface area contributed by atoms with Crippen LogP contribution in [0.2, 0.25) is 5.15 Å². The van der Waals surface area contributed by atoms with Gasteiger partial charge in [-0.05, 0) is 37.6 Å². The molecule has 5 nitrogen and oxygen atoms in total. The van der Waals surface area contributed by atoms with Crippen LogP contribution in [0.15, 0.2) is 67.0 Å². The minimum absolute atomic E-state index is 0.416. The summed E-state index contributed by atoms with van der Waals surface area (Å²) in [5.74, 6) is 2.27. The minimum atomic E-state index is 0.416. The van der Waals surface area contributed by atoms with Gasteiger partial charge < -0.3 is 10.1 Å². The number of fused-ring (bicyclic) bond motifs is 1. The number of nitrogens with zero attached hydrogens (tertiary/aromatic N) is 3. The Balaban J connectivity index is 1.49. The Morgan fingerprint density at radius 1 is 1.13 bits per heavy atom. The zero-order chi connectivity index (χ0) is 20.5. The Morgan fingerprint density at radius 3 is 2.77 bits per heavy atom. The van der Waals surface area contributed by atoms with Crippen molar-refractivity contribution in [2.45, 2.75) is 31.4 Å². The summed E-state index contributed by atoms with van der Waals surface area (Å²) in [7, 11) is 2.01. The van der Waals surface area contributed by atoms with E-state index in [4.69, 9.17) is 21.3 Å². The number of halogens is 1. The molecular weight excluding hydrogens is 396 g/mol. The number of imidazole rings is 1. The maximum atomic E-state index is 6.51. The first-order valence-electron chi connectivity index (χ1n) is 10.2. The molecule has 0 bridgehead atoms. The zero-order valence-corrected chi connectivity index (χ0v) is 17.5. The molecular formula is C24H23ClN4O. The molecule has 1 aliphatic carbocycles. The normalized spacial score (nSPS) is 18.3. The molecule has 1 aliphatic rings. The fraction of sp³-hybridized carbons (Fsp3) is 0.250. The molecule has 0 saturated heterocycles. The van der Waals surface area contributed by atoms with Crippen molar-refractivity contribution in [1.82, 2.24) is 19.7 Å². The summed E-state index contributed by atoms with van der Waals surface area (Å²) in [5.41, 5.74) is 3.81. The van der Waals surface area contributed by atoms with Crippen LogP contribution in [-0.4, -0.2) is 27.5 Å². The van der Waals surface area contributed by atoms with E-state index in [0.717, 1.165) is 46.8 Å². The van der Waals surface area contributed by atoms with Gasteiger partial charge in [0.05, 0.1) is 5.69 Å². The SMILES string of the molecule is CN[C@H]1C[C@@H](c2nc(-c3cccc(OCc4ccccc4)c3)c3c(Cl)nccn32)C1. The van der Waals surface area contributed by atoms with Crippen LogP contribution in [0.25, 0.3) is 16.8 Å². The van der Waals surface area contributed by atoms with Crippen molar-refractivity contribution in [3.05, 3.63) is 83.5 Å². The van der Waals surface area contributed by atoms with Gasteiger partial charge in [0.1, 0.15) is 23.7 Å². The number of rotatable bonds is 6. The van der Waals surface area contributed by atoms with Gasteiger partial charge in [0.25, 0.3) is 0 Å². The Labute approximate surface area is 180 Å². The molecule has 5 rings (SSSR count). The predicted octanol–water partition coefficient (Wildman–Crippen LogP) is 5.09. The van der Waals surface area contributed by atoms with Crippen LogP contribution in [0.1, 0.15) is 30.1 Å². The van der Waals surface area contributed by atoms with E-state index in [1.54, 1.807) is 6.20 Å². The smallest absolute Gasteiger partial charge is 0.155 e. The second kappa shape index (κ2) is 8.09. The molecule has 6 heteroatoms. The molecule has 2 heterocycles. The van der Waals surface area contributed by atoms with Crippen LogP contribution in [0, 0.1) is 0 Å². The number of hydrogen-bond acceptors (Lipinski definition) is 4. The van der Waals surface area contributed by atoms with E-state index >= 15 is 0 Å². The monoisotopic (exact) mass is 418 g/mol. The Kier molecular flexibility index (Phi) is 5.15. The van der Waals surface area contributed by atoms with Crippen LogP contribution in [0.5, 0.6) is 5.75 Å². The first kappa shape index (κ1) is 19.1. The Bertz CT molecular complexity index is 1170. The van der Waals surface area contributed by atoms with Gasteiger partial charge in [0, 0.05) is 29.9 Å². The molecule has 2 aromatic heterocycles. The lowest BCUT2D eigenvalue weighted by molar-refractivity contribution is 0.296. The average molecular weight is 419 g/mol. The van der Waals surface area contributed by atoms with Crippen molar-refractivity contribution in [2.75, 3.05) is 7.05 Å². The van der Waals surface area contributed by atoms with E-state index in [9.17, 15) is 0 Å². The Hall–Kier alpha value is -2.89. The van der Waals surface area contributed by atoms with Gasteiger partial charge >= 0.3 is 0 Å². The van der Waals surface area contributed by atoms with Crippen LogP contribution in [-0.2, 0) is 6.61 Å². The molecule has 2 aromatic carbocycles. The molecule has 1 fully saturated rings. The Morgan fingerprint density at radius 2 is 1.97 bits per heavy atom. The van der Waals surface area contributed by atoms with Gasteiger partial charge in [-0.3, -0.25) is 4.40 Å². The maximum Gasteiger partial charge on any atom is 0.155 e. The molecule has 0 unspecified atom stereocenters. The van der Waals surface area contributed by atoms with Gasteiger partial charge in [-0.15, -0.1) is 0 Å². The number of hydrogen-bond donors (Lipinski definition) is 1. The molecule has 0 amide bonds. The molecule has 152 valence electrons. The van der Waals surface area contributed by atoms with E-state index in [2.05, 4.69) is 26.8 Å². The molecule has 0 radical (unpaired) electrons. The minimum Gasteiger partial charge on any atom is -0.489 e. The highest BCUT2D eigenvalue weighted by atomic mass is 35.5. The van der Waals surface area contributed by atoms with Crippen LogP contribution in [0.4, 0.5) is 0 Å². The van der Waals surface area contributed by atoms with Crippen molar-refractivity contribution < 1.29 is 4.74 Å². The second-order valence-electron chi connectivity index (χ2n) is 7.71. The lowest BCUT2D eigenvalue weighted by Gasteiger charge is -2.34. The largest absolute Gasteiger partial charge is 0.489 e. The predicted molar refractivity (Wildman–Crippen MR) is 119 cm³/mol. The van der Waals surface area contributed by atoms with E-state index < -0.39 is 0 Å². The van der Waals surface area contributed by atoms with Crippen molar-refractivity contribution >= 4 is 17.1 Å². The first-order valence-corrected chi connectivity index (χ1v) is 10.6. The molecule has 4 aromatic rings. The van der Waals surface area contributed by atoms with Gasteiger partial charge in [0.15, 0.2) is 5.15 Å². The summed E-state index contributed by atoms with van der Waals surface area (Å²) >= 11 is 6.51. The van der Waals surface area contributed by atoms with E-state index in [0.29, 0.717) is 23.7 Å². The highest BCUT2D eigenvalue weighted by molar-refractivity contribution is 6.33. The summed E-state index contributed by atoms with van der Waals surface area (Å²) in [6.07, 6.45) is 5.85. The molecule has 0 aliphatic heterocycles. The maximum absolute atomic E-state index is 6.51. The van der Waals surface area contributed by atoms with Crippen molar-refractivity contribution in [2.24, 2.45) is 0 Å². The summed E-state index contributed by atoms with van der Waals surface area (Å²) in [4.78, 5) is 9.33. The number of aromatic nitrogens is 3. The number of nitrogens with one attached hydrogen (secondary N) is 1. The fourth-order valence-electron chi connectivity index (χ4n) is 4.05. The first-order chi connectivity index (χ1) is 14.7. The topological polar surface area (TPSA) is 51.5 Å². The van der Waals surface area contributed by atoms with Crippen LogP contribution >= 0.6 is 11.6 Å². The summed E-state index contributed by atoms with van der Waals surface area (Å²) in [5, 5.41) is 3.81. The van der Waals surface area contributed by atoms with E-state index in [1.165, 1.54) is 0 Å². The summed E-state index contributed by atoms with van der Waals surface area (Å²) < 4.78 is 8.12. The average Bonchev–Trinajstić information content (AvgIpc) is 3.13.